The third kappa shape index (κ3) is 3.28. The van der Waals surface area contributed by atoms with Gasteiger partial charge in [-0.3, -0.25) is 9.69 Å². The quantitative estimate of drug-likeness (QED) is 0.791. The van der Waals surface area contributed by atoms with Gasteiger partial charge < -0.3 is 9.47 Å². The molecule has 0 amide bonds. The van der Waals surface area contributed by atoms with Crippen molar-refractivity contribution in [1.29, 1.82) is 0 Å². The molecular formula is C18H23NO3S. The van der Waals surface area contributed by atoms with E-state index in [1.165, 1.54) is 17.1 Å². The number of nitrogens with zero attached hydrogens (tertiary/aromatic N) is 1. The fourth-order valence-corrected chi connectivity index (χ4v) is 5.10. The van der Waals surface area contributed by atoms with Gasteiger partial charge in [0.2, 0.25) is 0 Å². The van der Waals surface area contributed by atoms with Gasteiger partial charge in [-0.1, -0.05) is 30.3 Å². The molecule has 4 unspecified atom stereocenters. The van der Waals surface area contributed by atoms with E-state index in [0.717, 1.165) is 19.5 Å². The standard InChI is InChI=1S/C18H23NO3S/c20-17-10-14-15(21-12-13-4-2-1-3-5-13)11-16(22-17)18(14)19-6-8-23-9-7-19/h1-5,14-16,18H,6-12H2. The average Bonchev–Trinajstić information content (AvgIpc) is 2.82. The summed E-state index contributed by atoms with van der Waals surface area (Å²) in [6, 6.07) is 10.6. The molecule has 2 bridgehead atoms. The van der Waals surface area contributed by atoms with Crippen molar-refractivity contribution in [2.45, 2.75) is 37.7 Å². The van der Waals surface area contributed by atoms with Crippen LogP contribution in [0.2, 0.25) is 0 Å². The van der Waals surface area contributed by atoms with Gasteiger partial charge in [-0.15, -0.1) is 0 Å². The van der Waals surface area contributed by atoms with Crippen LogP contribution in [0.1, 0.15) is 18.4 Å². The number of carbonyl (C=O) groups excluding carboxylic acids is 1. The Bertz CT molecular complexity index is 546. The number of hydrogen-bond acceptors (Lipinski definition) is 5. The van der Waals surface area contributed by atoms with Crippen molar-refractivity contribution in [3.05, 3.63) is 35.9 Å². The third-order valence-electron chi connectivity index (χ3n) is 5.22. The van der Waals surface area contributed by atoms with Crippen LogP contribution < -0.4 is 0 Å². The van der Waals surface area contributed by atoms with E-state index in [1.54, 1.807) is 0 Å². The van der Waals surface area contributed by atoms with Crippen molar-refractivity contribution in [3.63, 3.8) is 0 Å². The second kappa shape index (κ2) is 6.83. The summed E-state index contributed by atoms with van der Waals surface area (Å²) in [5, 5.41) is 0. The zero-order valence-electron chi connectivity index (χ0n) is 13.2. The van der Waals surface area contributed by atoms with Crippen molar-refractivity contribution in [2.75, 3.05) is 24.6 Å². The molecule has 2 heterocycles. The van der Waals surface area contributed by atoms with E-state index in [0.29, 0.717) is 19.1 Å². The molecule has 1 saturated carbocycles. The lowest BCUT2D eigenvalue weighted by Gasteiger charge is -2.40. The summed E-state index contributed by atoms with van der Waals surface area (Å²) in [4.78, 5) is 14.4. The molecular weight excluding hydrogens is 310 g/mol. The number of ether oxygens (including phenoxy) is 2. The smallest absolute Gasteiger partial charge is 0.306 e. The van der Waals surface area contributed by atoms with Crippen molar-refractivity contribution in [3.8, 4) is 0 Å². The maximum absolute atomic E-state index is 11.9. The number of hydrogen-bond donors (Lipinski definition) is 0. The molecule has 3 fully saturated rings. The van der Waals surface area contributed by atoms with Gasteiger partial charge in [-0.25, -0.2) is 0 Å². The molecule has 1 aromatic carbocycles. The molecule has 0 spiro atoms. The van der Waals surface area contributed by atoms with Crippen molar-refractivity contribution in [1.82, 2.24) is 4.90 Å². The number of rotatable bonds is 4. The third-order valence-corrected chi connectivity index (χ3v) is 6.16. The van der Waals surface area contributed by atoms with Gasteiger partial charge in [-0.2, -0.15) is 11.8 Å². The highest BCUT2D eigenvalue weighted by atomic mass is 32.2. The summed E-state index contributed by atoms with van der Waals surface area (Å²) in [5.41, 5.74) is 1.19. The molecule has 4 nitrogen and oxygen atoms in total. The molecule has 1 aromatic rings. The molecule has 2 saturated heterocycles. The monoisotopic (exact) mass is 333 g/mol. The van der Waals surface area contributed by atoms with E-state index >= 15 is 0 Å². The lowest BCUT2D eigenvalue weighted by atomic mass is 9.93. The van der Waals surface area contributed by atoms with E-state index in [2.05, 4.69) is 17.0 Å². The predicted octanol–water partition coefficient (Wildman–Crippen LogP) is 2.32. The van der Waals surface area contributed by atoms with E-state index in [4.69, 9.17) is 9.47 Å². The number of thioether (sulfide) groups is 1. The van der Waals surface area contributed by atoms with Crippen LogP contribution >= 0.6 is 11.8 Å². The van der Waals surface area contributed by atoms with Crippen molar-refractivity contribution >= 4 is 17.7 Å². The Balaban J connectivity index is 1.45. The highest BCUT2D eigenvalue weighted by Gasteiger charge is 2.52. The number of carbonyl (C=O) groups is 1. The largest absolute Gasteiger partial charge is 0.461 e. The molecule has 124 valence electrons. The van der Waals surface area contributed by atoms with E-state index < -0.39 is 0 Å². The first kappa shape index (κ1) is 15.5. The number of benzene rings is 1. The fraction of sp³-hybridized carbons (Fsp3) is 0.611. The van der Waals surface area contributed by atoms with E-state index in [9.17, 15) is 4.79 Å². The summed E-state index contributed by atoms with van der Waals surface area (Å²) in [5.74, 6) is 2.60. The predicted molar refractivity (Wildman–Crippen MR) is 90.3 cm³/mol. The molecule has 1 aliphatic carbocycles. The maximum atomic E-state index is 11.9. The summed E-state index contributed by atoms with van der Waals surface area (Å²) in [6.07, 6.45) is 1.50. The fourth-order valence-electron chi connectivity index (χ4n) is 4.17. The molecule has 0 radical (unpaired) electrons. The Morgan fingerprint density at radius 3 is 2.78 bits per heavy atom. The first-order chi connectivity index (χ1) is 11.3. The Hall–Kier alpha value is -1.04. The summed E-state index contributed by atoms with van der Waals surface area (Å²) in [6.45, 7) is 2.82. The van der Waals surface area contributed by atoms with Gasteiger partial charge in [0.15, 0.2) is 0 Å². The molecule has 4 atom stereocenters. The van der Waals surface area contributed by atoms with Gasteiger partial charge in [0, 0.05) is 36.9 Å². The van der Waals surface area contributed by atoms with Crippen molar-refractivity contribution in [2.24, 2.45) is 5.92 Å². The lowest BCUT2D eigenvalue weighted by molar-refractivity contribution is -0.159. The summed E-state index contributed by atoms with van der Waals surface area (Å²) >= 11 is 2.01. The summed E-state index contributed by atoms with van der Waals surface area (Å²) < 4.78 is 11.9. The minimum atomic E-state index is -0.0477. The van der Waals surface area contributed by atoms with Crippen LogP contribution in [0, 0.1) is 5.92 Å². The molecule has 0 N–H and O–H groups in total. The Kier molecular flexibility index (Phi) is 4.60. The van der Waals surface area contributed by atoms with Crippen LogP contribution in [0.4, 0.5) is 0 Å². The second-order valence-corrected chi connectivity index (χ2v) is 7.83. The van der Waals surface area contributed by atoms with Crippen LogP contribution in [0.15, 0.2) is 30.3 Å². The number of fused-ring (bicyclic) bond motifs is 2. The highest BCUT2D eigenvalue weighted by molar-refractivity contribution is 7.99. The zero-order valence-corrected chi connectivity index (χ0v) is 14.0. The van der Waals surface area contributed by atoms with E-state index in [-0.39, 0.29) is 24.1 Å². The van der Waals surface area contributed by atoms with Crippen LogP contribution in [0.25, 0.3) is 0 Å². The van der Waals surface area contributed by atoms with Gasteiger partial charge in [0.25, 0.3) is 0 Å². The molecule has 0 aromatic heterocycles. The first-order valence-corrected chi connectivity index (χ1v) is 9.63. The van der Waals surface area contributed by atoms with Gasteiger partial charge in [0.1, 0.15) is 6.10 Å². The van der Waals surface area contributed by atoms with Crippen molar-refractivity contribution < 1.29 is 14.3 Å². The minimum absolute atomic E-state index is 0.0186. The molecule has 2 aliphatic heterocycles. The molecule has 23 heavy (non-hydrogen) atoms. The summed E-state index contributed by atoms with van der Waals surface area (Å²) in [7, 11) is 0. The molecule has 5 heteroatoms. The maximum Gasteiger partial charge on any atom is 0.306 e. The topological polar surface area (TPSA) is 38.8 Å². The van der Waals surface area contributed by atoms with Gasteiger partial charge >= 0.3 is 5.97 Å². The van der Waals surface area contributed by atoms with Gasteiger partial charge in [-0.05, 0) is 5.56 Å². The second-order valence-electron chi connectivity index (χ2n) is 6.61. The van der Waals surface area contributed by atoms with Crippen LogP contribution in [0.5, 0.6) is 0 Å². The molecule has 3 aliphatic rings. The highest BCUT2D eigenvalue weighted by Crippen LogP contribution is 2.41. The normalized spacial score (nSPS) is 34.3. The van der Waals surface area contributed by atoms with Crippen LogP contribution in [-0.2, 0) is 20.9 Å². The SMILES string of the molecule is O=C1CC2C(OCc3ccccc3)CC(O1)C2N1CCSCC1. The first-order valence-electron chi connectivity index (χ1n) is 8.48. The average molecular weight is 333 g/mol. The minimum Gasteiger partial charge on any atom is -0.461 e. The van der Waals surface area contributed by atoms with E-state index in [1.807, 2.05) is 30.0 Å². The van der Waals surface area contributed by atoms with Gasteiger partial charge in [0.05, 0.1) is 25.2 Å². The molecule has 4 rings (SSSR count). The van der Waals surface area contributed by atoms with Crippen LogP contribution in [0.3, 0.4) is 0 Å². The zero-order chi connectivity index (χ0) is 15.6. The Labute approximate surface area is 141 Å². The van der Waals surface area contributed by atoms with Crippen LogP contribution in [-0.4, -0.2) is 53.7 Å². The number of esters is 1. The Morgan fingerprint density at radius 2 is 2.00 bits per heavy atom. The Morgan fingerprint density at radius 1 is 1.22 bits per heavy atom. The lowest BCUT2D eigenvalue weighted by Crippen LogP contribution is -2.52.